The van der Waals surface area contributed by atoms with Crippen molar-refractivity contribution in [1.29, 1.82) is 0 Å². The van der Waals surface area contributed by atoms with Crippen LogP contribution in [0.2, 0.25) is 0 Å². The van der Waals surface area contributed by atoms with E-state index in [1.54, 1.807) is 0 Å². The Morgan fingerprint density at radius 1 is 1.06 bits per heavy atom. The third-order valence-corrected chi connectivity index (χ3v) is 3.26. The van der Waals surface area contributed by atoms with Gasteiger partial charge in [-0.1, -0.05) is 75.7 Å². The second-order valence-electron chi connectivity index (χ2n) is 5.62. The minimum absolute atomic E-state index is 0.271. The molecular weight excluding hydrogens is 264 g/mol. The number of unbranched alkanes of at least 4 members (excludes halogenated alkanes) is 4. The van der Waals surface area contributed by atoms with Crippen molar-refractivity contribution in [3.8, 4) is 0 Å². The van der Waals surface area contributed by atoms with Crippen LogP contribution in [0.3, 0.4) is 0 Å². The van der Waals surface area contributed by atoms with E-state index in [-0.39, 0.29) is 5.41 Å². The zero-order chi connectivity index (χ0) is 12.4. The second-order valence-corrected chi connectivity index (χ2v) is 6.41. The molecule has 0 aliphatic rings. The Balaban J connectivity index is 3.75. The molecule has 0 saturated heterocycles. The van der Waals surface area contributed by atoms with E-state index in [9.17, 15) is 0 Å². The summed E-state index contributed by atoms with van der Waals surface area (Å²) in [7, 11) is 0. The summed E-state index contributed by atoms with van der Waals surface area (Å²) in [4.78, 5) is 0. The zero-order valence-corrected chi connectivity index (χ0v) is 13.1. The maximum absolute atomic E-state index is 5.92. The number of hydrogen-bond acceptors (Lipinski definition) is 1. The first-order chi connectivity index (χ1) is 7.52. The summed E-state index contributed by atoms with van der Waals surface area (Å²) < 4.78 is 5.92. The SMILES string of the molecule is CCCCCCCC(OCCBr)C(C)(C)C. The van der Waals surface area contributed by atoms with Gasteiger partial charge >= 0.3 is 0 Å². The van der Waals surface area contributed by atoms with E-state index in [0.717, 1.165) is 11.9 Å². The molecule has 0 aromatic carbocycles. The smallest absolute Gasteiger partial charge is 0.0623 e. The quantitative estimate of drug-likeness (QED) is 0.421. The van der Waals surface area contributed by atoms with Gasteiger partial charge in [0.15, 0.2) is 0 Å². The van der Waals surface area contributed by atoms with Crippen LogP contribution in [0.4, 0.5) is 0 Å². The Labute approximate surface area is 110 Å². The van der Waals surface area contributed by atoms with Crippen LogP contribution in [0.5, 0.6) is 0 Å². The summed E-state index contributed by atoms with van der Waals surface area (Å²) in [5.74, 6) is 0. The normalized spacial score (nSPS) is 14.1. The number of hydrogen-bond donors (Lipinski definition) is 0. The minimum atomic E-state index is 0.271. The van der Waals surface area contributed by atoms with Crippen molar-refractivity contribution in [2.75, 3.05) is 11.9 Å². The molecule has 0 spiro atoms. The second kappa shape index (κ2) is 9.47. The Morgan fingerprint density at radius 2 is 1.69 bits per heavy atom. The Hall–Kier alpha value is 0.440. The maximum atomic E-state index is 5.92. The highest BCUT2D eigenvalue weighted by Crippen LogP contribution is 2.26. The first-order valence-corrected chi connectivity index (χ1v) is 7.82. The van der Waals surface area contributed by atoms with Gasteiger partial charge in [-0.25, -0.2) is 0 Å². The number of alkyl halides is 1. The van der Waals surface area contributed by atoms with Crippen molar-refractivity contribution in [2.45, 2.75) is 72.3 Å². The highest BCUT2D eigenvalue weighted by Gasteiger charge is 2.24. The lowest BCUT2D eigenvalue weighted by atomic mass is 9.86. The van der Waals surface area contributed by atoms with Crippen LogP contribution in [-0.4, -0.2) is 18.0 Å². The molecule has 1 unspecified atom stereocenters. The van der Waals surface area contributed by atoms with E-state index < -0.39 is 0 Å². The highest BCUT2D eigenvalue weighted by molar-refractivity contribution is 9.09. The van der Waals surface area contributed by atoms with Crippen molar-refractivity contribution >= 4 is 15.9 Å². The molecule has 0 rings (SSSR count). The van der Waals surface area contributed by atoms with Gasteiger partial charge in [0.1, 0.15) is 0 Å². The lowest BCUT2D eigenvalue weighted by molar-refractivity contribution is -0.0162. The van der Waals surface area contributed by atoms with Crippen LogP contribution in [-0.2, 0) is 4.74 Å². The minimum Gasteiger partial charge on any atom is -0.377 e. The first kappa shape index (κ1) is 16.4. The molecule has 0 bridgehead atoms. The number of halogens is 1. The van der Waals surface area contributed by atoms with Gasteiger partial charge in [-0.3, -0.25) is 0 Å². The average Bonchev–Trinajstić information content (AvgIpc) is 2.20. The molecule has 0 N–H and O–H groups in total. The Morgan fingerprint density at radius 3 is 2.19 bits per heavy atom. The lowest BCUT2D eigenvalue weighted by Gasteiger charge is -2.30. The molecule has 0 aromatic heterocycles. The van der Waals surface area contributed by atoms with Gasteiger partial charge in [0.2, 0.25) is 0 Å². The molecule has 2 heteroatoms. The van der Waals surface area contributed by atoms with Crippen molar-refractivity contribution in [3.05, 3.63) is 0 Å². The molecule has 0 fully saturated rings. The zero-order valence-electron chi connectivity index (χ0n) is 11.5. The molecule has 1 nitrogen and oxygen atoms in total. The number of rotatable bonds is 9. The molecule has 0 aromatic rings. The topological polar surface area (TPSA) is 9.23 Å². The predicted molar refractivity (Wildman–Crippen MR) is 76.4 cm³/mol. The number of ether oxygens (including phenoxy) is 1. The molecule has 0 saturated carbocycles. The summed E-state index contributed by atoms with van der Waals surface area (Å²) >= 11 is 3.42. The van der Waals surface area contributed by atoms with Gasteiger partial charge in [-0.05, 0) is 11.8 Å². The third kappa shape index (κ3) is 8.58. The van der Waals surface area contributed by atoms with E-state index in [2.05, 4.69) is 43.6 Å². The van der Waals surface area contributed by atoms with Gasteiger partial charge in [0.25, 0.3) is 0 Å². The van der Waals surface area contributed by atoms with Crippen LogP contribution >= 0.6 is 15.9 Å². The summed E-state index contributed by atoms with van der Waals surface area (Å²) in [6.45, 7) is 9.92. The summed E-state index contributed by atoms with van der Waals surface area (Å²) in [6, 6.07) is 0. The lowest BCUT2D eigenvalue weighted by Crippen LogP contribution is -2.30. The fourth-order valence-electron chi connectivity index (χ4n) is 1.89. The van der Waals surface area contributed by atoms with Gasteiger partial charge in [0.05, 0.1) is 12.7 Å². The molecule has 16 heavy (non-hydrogen) atoms. The van der Waals surface area contributed by atoms with Crippen LogP contribution in [0.25, 0.3) is 0 Å². The summed E-state index contributed by atoms with van der Waals surface area (Å²) in [6.07, 6.45) is 8.37. The largest absolute Gasteiger partial charge is 0.377 e. The predicted octanol–water partition coefficient (Wildman–Crippen LogP) is 5.17. The monoisotopic (exact) mass is 292 g/mol. The standard InChI is InChI=1S/C14H29BrO/c1-5-6-7-8-9-10-13(14(2,3)4)16-12-11-15/h13H,5-12H2,1-4H3. The van der Waals surface area contributed by atoms with Gasteiger partial charge < -0.3 is 4.74 Å². The average molecular weight is 293 g/mol. The fourth-order valence-corrected chi connectivity index (χ4v) is 2.07. The molecule has 0 heterocycles. The third-order valence-electron chi connectivity index (χ3n) is 2.93. The molecule has 0 amide bonds. The summed E-state index contributed by atoms with van der Waals surface area (Å²) in [5, 5.41) is 0.940. The van der Waals surface area contributed by atoms with Crippen molar-refractivity contribution in [1.82, 2.24) is 0 Å². The van der Waals surface area contributed by atoms with E-state index >= 15 is 0 Å². The van der Waals surface area contributed by atoms with Gasteiger partial charge in [-0.2, -0.15) is 0 Å². The van der Waals surface area contributed by atoms with Crippen molar-refractivity contribution in [3.63, 3.8) is 0 Å². The summed E-state index contributed by atoms with van der Waals surface area (Å²) in [5.41, 5.74) is 0.271. The highest BCUT2D eigenvalue weighted by atomic mass is 79.9. The van der Waals surface area contributed by atoms with Crippen LogP contribution in [0, 0.1) is 5.41 Å². The Bertz CT molecular complexity index is 151. The maximum Gasteiger partial charge on any atom is 0.0623 e. The van der Waals surface area contributed by atoms with Crippen LogP contribution in [0.15, 0.2) is 0 Å². The van der Waals surface area contributed by atoms with E-state index in [4.69, 9.17) is 4.74 Å². The van der Waals surface area contributed by atoms with E-state index in [1.165, 1.54) is 38.5 Å². The molecule has 98 valence electrons. The molecule has 0 radical (unpaired) electrons. The fraction of sp³-hybridized carbons (Fsp3) is 1.00. The van der Waals surface area contributed by atoms with E-state index in [1.807, 2.05) is 0 Å². The van der Waals surface area contributed by atoms with Gasteiger partial charge in [0, 0.05) is 5.33 Å². The van der Waals surface area contributed by atoms with E-state index in [0.29, 0.717) is 6.10 Å². The van der Waals surface area contributed by atoms with Crippen molar-refractivity contribution < 1.29 is 4.74 Å². The molecule has 1 atom stereocenters. The van der Waals surface area contributed by atoms with Gasteiger partial charge in [-0.15, -0.1) is 0 Å². The first-order valence-electron chi connectivity index (χ1n) is 6.70. The van der Waals surface area contributed by atoms with Crippen molar-refractivity contribution in [2.24, 2.45) is 5.41 Å². The Kier molecular flexibility index (Phi) is 9.73. The van der Waals surface area contributed by atoms with Crippen LogP contribution < -0.4 is 0 Å². The molecular formula is C14H29BrO. The van der Waals surface area contributed by atoms with Crippen LogP contribution in [0.1, 0.15) is 66.2 Å². The molecule has 0 aliphatic carbocycles. The molecule has 0 aliphatic heterocycles.